The van der Waals surface area contributed by atoms with Crippen LogP contribution in [-0.4, -0.2) is 33.4 Å². The lowest BCUT2D eigenvalue weighted by Gasteiger charge is -2.26. The van der Waals surface area contributed by atoms with E-state index in [1.807, 2.05) is 26.0 Å². The maximum Gasteiger partial charge on any atom is 0.338 e. The van der Waals surface area contributed by atoms with Crippen LogP contribution in [0.1, 0.15) is 35.3 Å². The second-order valence-corrected chi connectivity index (χ2v) is 10.0. The Morgan fingerprint density at radius 1 is 1.00 bits per heavy atom. The molecule has 35 heavy (non-hydrogen) atoms. The number of nitrogens with zero attached hydrogens (tertiary/aromatic N) is 1. The van der Waals surface area contributed by atoms with Crippen molar-refractivity contribution in [2.75, 3.05) is 22.8 Å². The van der Waals surface area contributed by atoms with Gasteiger partial charge in [0, 0.05) is 0 Å². The van der Waals surface area contributed by atoms with Crippen LogP contribution in [0.5, 0.6) is 0 Å². The van der Waals surface area contributed by atoms with Crippen LogP contribution >= 0.6 is 11.6 Å². The molecule has 9 heteroatoms. The zero-order chi connectivity index (χ0) is 25.6. The van der Waals surface area contributed by atoms with E-state index in [9.17, 15) is 18.0 Å². The third-order valence-corrected chi connectivity index (χ3v) is 7.38. The fourth-order valence-corrected chi connectivity index (χ4v) is 5.15. The highest BCUT2D eigenvalue weighted by molar-refractivity contribution is 7.92. The molecule has 3 aromatic rings. The molecule has 0 aliphatic heterocycles. The minimum atomic E-state index is -4.05. The number of hydrogen-bond donors (Lipinski definition) is 1. The van der Waals surface area contributed by atoms with Gasteiger partial charge in [-0.2, -0.15) is 0 Å². The second-order valence-electron chi connectivity index (χ2n) is 7.77. The second kappa shape index (κ2) is 11.4. The van der Waals surface area contributed by atoms with Gasteiger partial charge in [0.05, 0.1) is 33.5 Å². The van der Waals surface area contributed by atoms with E-state index in [4.69, 9.17) is 16.3 Å². The van der Waals surface area contributed by atoms with E-state index < -0.39 is 28.4 Å². The van der Waals surface area contributed by atoms with Crippen LogP contribution < -0.4 is 9.62 Å². The summed E-state index contributed by atoms with van der Waals surface area (Å²) >= 11 is 6.27. The Bertz CT molecular complexity index is 1320. The topological polar surface area (TPSA) is 92.8 Å². The number of hydrogen-bond acceptors (Lipinski definition) is 5. The number of anilines is 2. The van der Waals surface area contributed by atoms with Crippen LogP contribution in [0, 0.1) is 6.92 Å². The Hall–Kier alpha value is -3.36. The standard InChI is InChI=1S/C26H27ClN2O5S/c1-4-19-8-6-7-9-24(19)29(35(32,33)21-13-10-18(3)11-14-21)17-25(30)28-23-15-12-20(16-22(23)27)26(31)34-5-2/h6-16H,4-5,17H2,1-3H3,(H,28,30). The lowest BCUT2D eigenvalue weighted by molar-refractivity contribution is -0.114. The van der Waals surface area contributed by atoms with Crippen molar-refractivity contribution >= 4 is 44.9 Å². The molecule has 0 heterocycles. The maximum atomic E-state index is 13.6. The average Bonchev–Trinajstić information content (AvgIpc) is 2.84. The molecule has 184 valence electrons. The molecule has 0 aromatic heterocycles. The zero-order valence-electron chi connectivity index (χ0n) is 19.7. The molecule has 0 unspecified atom stereocenters. The number of para-hydroxylation sites is 1. The summed E-state index contributed by atoms with van der Waals surface area (Å²) in [6.45, 7) is 5.23. The smallest absolute Gasteiger partial charge is 0.338 e. The lowest BCUT2D eigenvalue weighted by atomic mass is 10.1. The molecule has 0 saturated heterocycles. The maximum absolute atomic E-state index is 13.6. The number of rotatable bonds is 9. The monoisotopic (exact) mass is 514 g/mol. The molecule has 3 rings (SSSR count). The zero-order valence-corrected chi connectivity index (χ0v) is 21.3. The van der Waals surface area contributed by atoms with Crippen LogP contribution in [-0.2, 0) is 26.0 Å². The van der Waals surface area contributed by atoms with Crippen LogP contribution in [0.3, 0.4) is 0 Å². The molecular formula is C26H27ClN2O5S. The predicted molar refractivity (Wildman–Crippen MR) is 138 cm³/mol. The molecule has 0 radical (unpaired) electrons. The van der Waals surface area contributed by atoms with Gasteiger partial charge in [-0.05, 0) is 62.2 Å². The Morgan fingerprint density at radius 3 is 2.31 bits per heavy atom. The molecule has 0 saturated carbocycles. The number of sulfonamides is 1. The van der Waals surface area contributed by atoms with Gasteiger partial charge in [0.15, 0.2) is 0 Å². The summed E-state index contributed by atoms with van der Waals surface area (Å²) in [6, 6.07) is 17.9. The number of halogens is 1. The van der Waals surface area contributed by atoms with Crippen LogP contribution in [0.15, 0.2) is 71.6 Å². The van der Waals surface area contributed by atoms with Gasteiger partial charge < -0.3 is 10.1 Å². The Morgan fingerprint density at radius 2 is 1.69 bits per heavy atom. The highest BCUT2D eigenvalue weighted by atomic mass is 35.5. The average molecular weight is 515 g/mol. The first-order valence-corrected chi connectivity index (χ1v) is 12.9. The van der Waals surface area contributed by atoms with Crippen molar-refractivity contribution < 1.29 is 22.7 Å². The van der Waals surface area contributed by atoms with Gasteiger partial charge in [-0.15, -0.1) is 0 Å². The summed E-state index contributed by atoms with van der Waals surface area (Å²) in [4.78, 5) is 25.0. The molecule has 0 aliphatic rings. The van der Waals surface area contributed by atoms with Gasteiger partial charge in [0.2, 0.25) is 5.91 Å². The number of amides is 1. The van der Waals surface area contributed by atoms with Crippen molar-refractivity contribution in [1.82, 2.24) is 0 Å². The van der Waals surface area contributed by atoms with Gasteiger partial charge in [0.25, 0.3) is 10.0 Å². The van der Waals surface area contributed by atoms with E-state index in [1.54, 1.807) is 31.2 Å². The molecule has 1 N–H and O–H groups in total. The number of aryl methyl sites for hydroxylation is 2. The summed E-state index contributed by atoms with van der Waals surface area (Å²) < 4.78 is 33.3. The van der Waals surface area contributed by atoms with E-state index in [1.165, 1.54) is 30.3 Å². The molecular weight excluding hydrogens is 488 g/mol. The van der Waals surface area contributed by atoms with Crippen molar-refractivity contribution in [3.8, 4) is 0 Å². The van der Waals surface area contributed by atoms with Gasteiger partial charge in [0.1, 0.15) is 6.54 Å². The number of ether oxygens (including phenoxy) is 1. The molecule has 0 spiro atoms. The fraction of sp³-hybridized carbons (Fsp3) is 0.231. The molecule has 7 nitrogen and oxygen atoms in total. The summed E-state index contributed by atoms with van der Waals surface area (Å²) in [5.74, 6) is -1.11. The fourth-order valence-electron chi connectivity index (χ4n) is 3.47. The Labute approximate surface area is 210 Å². The van der Waals surface area contributed by atoms with Gasteiger partial charge >= 0.3 is 5.97 Å². The number of benzene rings is 3. The Balaban J connectivity index is 1.93. The number of esters is 1. The Kier molecular flexibility index (Phi) is 8.53. The first-order chi connectivity index (χ1) is 16.7. The molecule has 3 aromatic carbocycles. The van der Waals surface area contributed by atoms with Crippen molar-refractivity contribution in [3.63, 3.8) is 0 Å². The molecule has 0 bridgehead atoms. The van der Waals surface area contributed by atoms with Crippen LogP contribution in [0.2, 0.25) is 5.02 Å². The summed E-state index contributed by atoms with van der Waals surface area (Å²) in [5.41, 5.74) is 2.63. The normalized spacial score (nSPS) is 11.1. The van der Waals surface area contributed by atoms with Crippen molar-refractivity contribution in [2.24, 2.45) is 0 Å². The van der Waals surface area contributed by atoms with E-state index in [-0.39, 0.29) is 27.8 Å². The van der Waals surface area contributed by atoms with Gasteiger partial charge in [-0.1, -0.05) is 54.4 Å². The first-order valence-electron chi connectivity index (χ1n) is 11.1. The summed E-state index contributed by atoms with van der Waals surface area (Å²) in [6.07, 6.45) is 0.582. The number of carbonyl (C=O) groups excluding carboxylic acids is 2. The summed E-state index contributed by atoms with van der Waals surface area (Å²) in [7, 11) is -4.05. The molecule has 1 amide bonds. The third kappa shape index (κ3) is 6.21. The van der Waals surface area contributed by atoms with E-state index in [0.29, 0.717) is 12.1 Å². The minimum Gasteiger partial charge on any atom is -0.462 e. The minimum absolute atomic E-state index is 0.0821. The van der Waals surface area contributed by atoms with E-state index in [2.05, 4.69) is 5.32 Å². The SMILES string of the molecule is CCOC(=O)c1ccc(NC(=O)CN(c2ccccc2CC)S(=O)(=O)c2ccc(C)cc2)c(Cl)c1. The third-order valence-electron chi connectivity index (χ3n) is 5.29. The molecule has 0 aliphatic carbocycles. The largest absolute Gasteiger partial charge is 0.462 e. The number of carbonyl (C=O) groups is 2. The van der Waals surface area contributed by atoms with Crippen LogP contribution in [0.4, 0.5) is 11.4 Å². The van der Waals surface area contributed by atoms with E-state index >= 15 is 0 Å². The lowest BCUT2D eigenvalue weighted by Crippen LogP contribution is -2.38. The quantitative estimate of drug-likeness (QED) is 0.395. The molecule has 0 atom stereocenters. The van der Waals surface area contributed by atoms with Crippen molar-refractivity contribution in [2.45, 2.75) is 32.1 Å². The van der Waals surface area contributed by atoms with Gasteiger partial charge in [-0.25, -0.2) is 13.2 Å². The summed E-state index contributed by atoms with van der Waals surface area (Å²) in [5, 5.41) is 2.78. The predicted octanol–water partition coefficient (Wildman–Crippen LogP) is 5.22. The highest BCUT2D eigenvalue weighted by Gasteiger charge is 2.28. The van der Waals surface area contributed by atoms with E-state index in [0.717, 1.165) is 15.4 Å². The first kappa shape index (κ1) is 26.2. The van der Waals surface area contributed by atoms with Crippen molar-refractivity contribution in [1.29, 1.82) is 0 Å². The van der Waals surface area contributed by atoms with Gasteiger partial charge in [-0.3, -0.25) is 9.10 Å². The molecule has 0 fully saturated rings. The van der Waals surface area contributed by atoms with Crippen molar-refractivity contribution in [3.05, 3.63) is 88.4 Å². The highest BCUT2D eigenvalue weighted by Crippen LogP contribution is 2.29. The van der Waals surface area contributed by atoms with Crippen LogP contribution in [0.25, 0.3) is 0 Å². The number of nitrogens with one attached hydrogen (secondary N) is 1.